The summed E-state index contributed by atoms with van der Waals surface area (Å²) in [5, 5.41) is 10.5. The molecule has 0 fully saturated rings. The van der Waals surface area contributed by atoms with Gasteiger partial charge < -0.3 is 9.84 Å². The summed E-state index contributed by atoms with van der Waals surface area (Å²) in [6.45, 7) is 3.35. The monoisotopic (exact) mass is 436 g/mol. The number of halogens is 2. The predicted octanol–water partition coefficient (Wildman–Crippen LogP) is 5.20. The highest BCUT2D eigenvalue weighted by atomic mass is 35.5. The molecule has 1 aromatic heterocycles. The van der Waals surface area contributed by atoms with Gasteiger partial charge in [-0.25, -0.2) is 9.88 Å². The highest BCUT2D eigenvalue weighted by Crippen LogP contribution is 2.46. The molecule has 1 N–H and O–H groups in total. The first-order valence-corrected chi connectivity index (χ1v) is 9.87. The van der Waals surface area contributed by atoms with Crippen molar-refractivity contribution in [3.05, 3.63) is 45.9 Å². The molecule has 1 aliphatic rings. The first-order chi connectivity index (χ1) is 13.2. The van der Waals surface area contributed by atoms with Crippen LogP contribution in [0.1, 0.15) is 18.9 Å². The van der Waals surface area contributed by atoms with Gasteiger partial charge in [0.2, 0.25) is 0 Å². The minimum Gasteiger partial charge on any atom is -0.481 e. The molecule has 2 aromatic carbocycles. The van der Waals surface area contributed by atoms with Gasteiger partial charge in [-0.2, -0.15) is 0 Å². The number of anilines is 2. The number of benzene rings is 2. The molecule has 0 bridgehead atoms. The van der Waals surface area contributed by atoms with Crippen LogP contribution in [0.25, 0.3) is 10.2 Å². The number of carbonyl (C=O) groups excluding carboxylic acids is 1. The number of fused-ring (bicyclic) bond motifs is 2. The normalized spacial score (nSPS) is 18.9. The Labute approximate surface area is 174 Å². The lowest BCUT2D eigenvalue weighted by Crippen LogP contribution is -2.53. The van der Waals surface area contributed by atoms with E-state index in [1.54, 1.807) is 24.3 Å². The van der Waals surface area contributed by atoms with E-state index in [2.05, 4.69) is 4.98 Å². The number of aromatic nitrogens is 1. The van der Waals surface area contributed by atoms with E-state index in [1.165, 1.54) is 23.2 Å². The second kappa shape index (κ2) is 6.62. The average molecular weight is 437 g/mol. The van der Waals surface area contributed by atoms with Crippen LogP contribution in [0.3, 0.4) is 0 Å². The molecule has 1 atom stereocenters. The van der Waals surface area contributed by atoms with Gasteiger partial charge in [0, 0.05) is 0 Å². The Morgan fingerprint density at radius 2 is 2.00 bits per heavy atom. The Morgan fingerprint density at radius 1 is 1.29 bits per heavy atom. The van der Waals surface area contributed by atoms with Crippen molar-refractivity contribution in [3.8, 4) is 5.75 Å². The molecule has 0 saturated carbocycles. The van der Waals surface area contributed by atoms with Gasteiger partial charge in [0.25, 0.3) is 5.91 Å². The molecule has 28 heavy (non-hydrogen) atoms. The molecule has 0 radical (unpaired) electrons. The summed E-state index contributed by atoms with van der Waals surface area (Å²) >= 11 is 13.7. The highest BCUT2D eigenvalue weighted by Gasteiger charge is 2.47. The topological polar surface area (TPSA) is 79.7 Å². The number of aryl methyl sites for hydroxylation is 1. The largest absolute Gasteiger partial charge is 0.481 e. The zero-order valence-electron chi connectivity index (χ0n) is 14.8. The molecule has 144 valence electrons. The van der Waals surface area contributed by atoms with Crippen LogP contribution in [0, 0.1) is 6.92 Å². The van der Waals surface area contributed by atoms with Crippen molar-refractivity contribution >= 4 is 67.5 Å². The van der Waals surface area contributed by atoms with Crippen LogP contribution >= 0.6 is 34.5 Å². The number of amides is 1. The number of carbonyl (C=O) groups is 2. The number of carboxylic acids is 1. The van der Waals surface area contributed by atoms with E-state index in [0.29, 0.717) is 36.8 Å². The van der Waals surface area contributed by atoms with Crippen LogP contribution in [0.15, 0.2) is 30.3 Å². The second-order valence-electron chi connectivity index (χ2n) is 6.72. The Hall–Kier alpha value is -2.35. The molecule has 2 heterocycles. The number of hydrogen-bond acceptors (Lipinski definition) is 5. The Balaban J connectivity index is 1.95. The van der Waals surface area contributed by atoms with Crippen LogP contribution in [0.4, 0.5) is 10.8 Å². The summed E-state index contributed by atoms with van der Waals surface area (Å²) in [7, 11) is 0. The maximum atomic E-state index is 13.3. The minimum absolute atomic E-state index is 0.349. The van der Waals surface area contributed by atoms with Crippen molar-refractivity contribution in [1.82, 2.24) is 4.98 Å². The summed E-state index contributed by atoms with van der Waals surface area (Å²) in [6.07, 6.45) is -0.484. The first kappa shape index (κ1) is 19.0. The number of thiazole rings is 1. The summed E-state index contributed by atoms with van der Waals surface area (Å²) in [5.74, 6) is -1.24. The third-order valence-electron chi connectivity index (χ3n) is 4.46. The van der Waals surface area contributed by atoms with Gasteiger partial charge >= 0.3 is 5.97 Å². The van der Waals surface area contributed by atoms with E-state index in [4.69, 9.17) is 27.9 Å². The molecular weight excluding hydrogens is 423 g/mol. The van der Waals surface area contributed by atoms with Crippen molar-refractivity contribution in [2.75, 3.05) is 4.90 Å². The molecule has 0 aliphatic carbocycles. The summed E-state index contributed by atoms with van der Waals surface area (Å²) < 4.78 is 6.47. The Kier molecular flexibility index (Phi) is 4.49. The smallest absolute Gasteiger partial charge is 0.307 e. The molecule has 3 aromatic rings. The maximum Gasteiger partial charge on any atom is 0.307 e. The Bertz CT molecular complexity index is 1110. The molecule has 0 spiro atoms. The molecule has 6 nitrogen and oxygen atoms in total. The van der Waals surface area contributed by atoms with Crippen LogP contribution < -0.4 is 9.64 Å². The van der Waals surface area contributed by atoms with Crippen LogP contribution in [-0.4, -0.2) is 27.6 Å². The molecular formula is C19H14Cl2N2O4S. The van der Waals surface area contributed by atoms with E-state index >= 15 is 0 Å². The fourth-order valence-electron chi connectivity index (χ4n) is 3.14. The van der Waals surface area contributed by atoms with E-state index < -0.39 is 23.9 Å². The molecule has 0 saturated heterocycles. The zero-order valence-corrected chi connectivity index (χ0v) is 17.2. The number of carboxylic acid groups (broad SMARTS) is 1. The lowest BCUT2D eigenvalue weighted by atomic mass is 9.97. The first-order valence-electron chi connectivity index (χ1n) is 8.30. The second-order valence-corrected chi connectivity index (χ2v) is 8.51. The van der Waals surface area contributed by atoms with Crippen molar-refractivity contribution < 1.29 is 19.4 Å². The summed E-state index contributed by atoms with van der Waals surface area (Å²) in [4.78, 5) is 30.6. The minimum atomic E-state index is -1.57. The molecule has 4 rings (SSSR count). The lowest BCUT2D eigenvalue weighted by Gasteiger charge is -2.39. The van der Waals surface area contributed by atoms with E-state index in [-0.39, 0.29) is 0 Å². The maximum absolute atomic E-state index is 13.3. The van der Waals surface area contributed by atoms with Gasteiger partial charge in [0.05, 0.1) is 26.9 Å². The van der Waals surface area contributed by atoms with E-state index in [9.17, 15) is 14.7 Å². The fraction of sp³-hybridized carbons (Fsp3) is 0.211. The lowest BCUT2D eigenvalue weighted by molar-refractivity contribution is -0.148. The third-order valence-corrected chi connectivity index (χ3v) is 6.27. The quantitative estimate of drug-likeness (QED) is 0.609. The number of rotatable bonds is 3. The van der Waals surface area contributed by atoms with E-state index in [1.807, 2.05) is 13.0 Å². The van der Waals surface area contributed by atoms with E-state index in [0.717, 1.165) is 5.56 Å². The standard InChI is InChI=1S/C19H14Cl2N2O4S/c1-9-3-6-13-12(7-9)23(17(26)19(2,27-13)8-14(24)25)18-22-15-10(20)4-5-11(21)16(15)28-18/h3-7H,8H2,1-2H3,(H,24,25). The molecule has 1 unspecified atom stereocenters. The average Bonchev–Trinajstić information content (AvgIpc) is 3.05. The number of aliphatic carboxylic acids is 1. The predicted molar refractivity (Wildman–Crippen MR) is 109 cm³/mol. The van der Waals surface area contributed by atoms with Crippen molar-refractivity contribution in [1.29, 1.82) is 0 Å². The van der Waals surface area contributed by atoms with Crippen molar-refractivity contribution in [2.24, 2.45) is 0 Å². The van der Waals surface area contributed by atoms with Crippen molar-refractivity contribution in [2.45, 2.75) is 25.9 Å². The number of hydrogen-bond donors (Lipinski definition) is 1. The third kappa shape index (κ3) is 2.99. The van der Waals surface area contributed by atoms with Crippen LogP contribution in [0.5, 0.6) is 5.75 Å². The van der Waals surface area contributed by atoms with Gasteiger partial charge in [-0.1, -0.05) is 40.6 Å². The van der Waals surface area contributed by atoms with Gasteiger partial charge in [-0.15, -0.1) is 0 Å². The summed E-state index contributed by atoms with van der Waals surface area (Å²) in [6, 6.07) is 8.66. The van der Waals surface area contributed by atoms with Crippen molar-refractivity contribution in [3.63, 3.8) is 0 Å². The van der Waals surface area contributed by atoms with Gasteiger partial charge in [0.15, 0.2) is 10.7 Å². The Morgan fingerprint density at radius 3 is 2.68 bits per heavy atom. The van der Waals surface area contributed by atoms with Gasteiger partial charge in [-0.3, -0.25) is 9.59 Å². The van der Waals surface area contributed by atoms with Gasteiger partial charge in [0.1, 0.15) is 11.3 Å². The fourth-order valence-corrected chi connectivity index (χ4v) is 4.67. The SMILES string of the molecule is Cc1ccc2c(c1)N(c1nc3c(Cl)ccc(Cl)c3s1)C(=O)C(C)(CC(=O)O)O2. The number of ether oxygens (including phenoxy) is 1. The highest BCUT2D eigenvalue weighted by molar-refractivity contribution is 7.23. The zero-order chi connectivity index (χ0) is 20.2. The number of nitrogens with zero attached hydrogens (tertiary/aromatic N) is 2. The van der Waals surface area contributed by atoms with Gasteiger partial charge in [-0.05, 0) is 43.7 Å². The van der Waals surface area contributed by atoms with Crippen LogP contribution in [0.2, 0.25) is 10.0 Å². The van der Waals surface area contributed by atoms with Crippen LogP contribution in [-0.2, 0) is 9.59 Å². The molecule has 9 heteroatoms. The summed E-state index contributed by atoms with van der Waals surface area (Å²) in [5.41, 5.74) is 0.334. The molecule has 1 aliphatic heterocycles. The molecule has 1 amide bonds.